The first kappa shape index (κ1) is 16.2. The SMILES string of the molecule is CCOC(=O)c1cn(Cc2ccc(C#N)cc2)nc1NC(C)=O. The minimum absolute atomic E-state index is 0.171. The minimum Gasteiger partial charge on any atom is -0.462 e. The van der Waals surface area contributed by atoms with Gasteiger partial charge in [0.1, 0.15) is 5.56 Å². The predicted octanol–water partition coefficient (Wildman–Crippen LogP) is 1.94. The molecule has 0 aliphatic rings. The first-order valence-electron chi connectivity index (χ1n) is 7.04. The highest BCUT2D eigenvalue weighted by molar-refractivity contribution is 5.99. The molecule has 7 heteroatoms. The molecule has 2 aromatic rings. The van der Waals surface area contributed by atoms with E-state index >= 15 is 0 Å². The number of carbonyl (C=O) groups excluding carboxylic acids is 2. The molecule has 2 rings (SSSR count). The zero-order valence-corrected chi connectivity index (χ0v) is 12.9. The first-order chi connectivity index (χ1) is 11.0. The van der Waals surface area contributed by atoms with Gasteiger partial charge in [-0.05, 0) is 24.6 Å². The van der Waals surface area contributed by atoms with E-state index in [1.54, 1.807) is 23.7 Å². The molecule has 0 fully saturated rings. The number of esters is 1. The van der Waals surface area contributed by atoms with E-state index in [-0.39, 0.29) is 23.9 Å². The van der Waals surface area contributed by atoms with Gasteiger partial charge in [0.2, 0.25) is 5.91 Å². The van der Waals surface area contributed by atoms with Crippen molar-refractivity contribution in [3.8, 4) is 6.07 Å². The fraction of sp³-hybridized carbons (Fsp3) is 0.250. The second kappa shape index (κ2) is 7.22. The van der Waals surface area contributed by atoms with Crippen molar-refractivity contribution in [2.75, 3.05) is 11.9 Å². The number of nitrogens with one attached hydrogen (secondary N) is 1. The number of amides is 1. The van der Waals surface area contributed by atoms with Gasteiger partial charge in [-0.25, -0.2) is 4.79 Å². The highest BCUT2D eigenvalue weighted by Gasteiger charge is 2.18. The Labute approximate surface area is 133 Å². The Bertz CT molecular complexity index is 757. The van der Waals surface area contributed by atoms with Gasteiger partial charge >= 0.3 is 5.97 Å². The Hall–Kier alpha value is -3.14. The lowest BCUT2D eigenvalue weighted by atomic mass is 10.1. The average Bonchev–Trinajstić information content (AvgIpc) is 2.90. The van der Waals surface area contributed by atoms with Crippen molar-refractivity contribution in [1.29, 1.82) is 5.26 Å². The molecule has 1 amide bonds. The summed E-state index contributed by atoms with van der Waals surface area (Å²) in [7, 11) is 0. The molecular weight excluding hydrogens is 296 g/mol. The van der Waals surface area contributed by atoms with Crippen LogP contribution in [0.1, 0.15) is 35.3 Å². The Kier molecular flexibility index (Phi) is 5.10. The van der Waals surface area contributed by atoms with Crippen molar-refractivity contribution in [2.45, 2.75) is 20.4 Å². The van der Waals surface area contributed by atoms with Crippen molar-refractivity contribution in [2.24, 2.45) is 0 Å². The van der Waals surface area contributed by atoms with E-state index in [0.717, 1.165) is 5.56 Å². The molecule has 0 unspecified atom stereocenters. The van der Waals surface area contributed by atoms with Crippen molar-refractivity contribution in [1.82, 2.24) is 9.78 Å². The van der Waals surface area contributed by atoms with E-state index in [1.165, 1.54) is 13.1 Å². The van der Waals surface area contributed by atoms with Crippen LogP contribution in [-0.2, 0) is 16.1 Å². The van der Waals surface area contributed by atoms with Crippen LogP contribution in [0.25, 0.3) is 0 Å². The lowest BCUT2D eigenvalue weighted by molar-refractivity contribution is -0.114. The standard InChI is InChI=1S/C16H16N4O3/c1-3-23-16(22)14-10-20(19-15(14)18-11(2)21)9-13-6-4-12(8-17)5-7-13/h4-7,10H,3,9H2,1-2H3,(H,18,19,21). The highest BCUT2D eigenvalue weighted by atomic mass is 16.5. The summed E-state index contributed by atoms with van der Waals surface area (Å²) in [6.45, 7) is 3.68. The summed E-state index contributed by atoms with van der Waals surface area (Å²) in [6.07, 6.45) is 1.53. The predicted molar refractivity (Wildman–Crippen MR) is 82.7 cm³/mol. The molecule has 0 aliphatic carbocycles. The van der Waals surface area contributed by atoms with Crippen LogP contribution in [0.4, 0.5) is 5.82 Å². The topological polar surface area (TPSA) is 97.0 Å². The van der Waals surface area contributed by atoms with Crippen molar-refractivity contribution in [3.63, 3.8) is 0 Å². The van der Waals surface area contributed by atoms with Crippen molar-refractivity contribution in [3.05, 3.63) is 47.2 Å². The van der Waals surface area contributed by atoms with Gasteiger partial charge in [0.05, 0.1) is 24.8 Å². The first-order valence-corrected chi connectivity index (χ1v) is 7.04. The third kappa shape index (κ3) is 4.17. The molecule has 0 spiro atoms. The van der Waals surface area contributed by atoms with Gasteiger partial charge < -0.3 is 10.1 Å². The molecule has 0 aliphatic heterocycles. The maximum absolute atomic E-state index is 11.9. The van der Waals surface area contributed by atoms with Gasteiger partial charge in [-0.1, -0.05) is 12.1 Å². The number of nitrogens with zero attached hydrogens (tertiary/aromatic N) is 3. The largest absolute Gasteiger partial charge is 0.462 e. The molecule has 1 aromatic carbocycles. The second-order valence-corrected chi connectivity index (χ2v) is 4.80. The molecule has 0 saturated carbocycles. The summed E-state index contributed by atoms with van der Waals surface area (Å²) in [6, 6.07) is 9.08. The zero-order chi connectivity index (χ0) is 16.8. The smallest absolute Gasteiger partial charge is 0.343 e. The van der Waals surface area contributed by atoms with Crippen LogP contribution in [0.3, 0.4) is 0 Å². The maximum atomic E-state index is 11.9. The van der Waals surface area contributed by atoms with Crippen LogP contribution in [0, 0.1) is 11.3 Å². The Balaban J connectivity index is 2.26. The number of ether oxygens (including phenoxy) is 1. The van der Waals surface area contributed by atoms with Gasteiger partial charge in [-0.2, -0.15) is 10.4 Å². The monoisotopic (exact) mass is 312 g/mol. The van der Waals surface area contributed by atoms with E-state index in [0.29, 0.717) is 12.1 Å². The second-order valence-electron chi connectivity index (χ2n) is 4.80. The van der Waals surface area contributed by atoms with Gasteiger partial charge in [-0.3, -0.25) is 9.48 Å². The number of rotatable bonds is 5. The number of benzene rings is 1. The van der Waals surface area contributed by atoms with E-state index < -0.39 is 5.97 Å². The zero-order valence-electron chi connectivity index (χ0n) is 12.9. The van der Waals surface area contributed by atoms with Gasteiger partial charge in [0.25, 0.3) is 0 Å². The summed E-state index contributed by atoms with van der Waals surface area (Å²) in [4.78, 5) is 23.2. The van der Waals surface area contributed by atoms with Crippen molar-refractivity contribution < 1.29 is 14.3 Å². The van der Waals surface area contributed by atoms with E-state index in [9.17, 15) is 9.59 Å². The fourth-order valence-electron chi connectivity index (χ4n) is 1.99. The third-order valence-electron chi connectivity index (χ3n) is 2.98. The number of hydrogen-bond donors (Lipinski definition) is 1. The molecule has 0 radical (unpaired) electrons. The summed E-state index contributed by atoms with van der Waals surface area (Å²) in [5, 5.41) is 15.5. The third-order valence-corrected chi connectivity index (χ3v) is 2.98. The Morgan fingerprint density at radius 2 is 2.04 bits per heavy atom. The van der Waals surface area contributed by atoms with Crippen LogP contribution in [-0.4, -0.2) is 28.3 Å². The van der Waals surface area contributed by atoms with Crippen molar-refractivity contribution >= 4 is 17.7 Å². The summed E-state index contributed by atoms with van der Waals surface area (Å²) < 4.78 is 6.50. The van der Waals surface area contributed by atoms with Crippen LogP contribution in [0.15, 0.2) is 30.5 Å². The van der Waals surface area contributed by atoms with Crippen LogP contribution in [0.2, 0.25) is 0 Å². The Morgan fingerprint density at radius 3 is 2.61 bits per heavy atom. The van der Waals surface area contributed by atoms with Crippen LogP contribution in [0.5, 0.6) is 0 Å². The number of aromatic nitrogens is 2. The van der Waals surface area contributed by atoms with E-state index in [2.05, 4.69) is 16.5 Å². The van der Waals surface area contributed by atoms with Gasteiger partial charge in [-0.15, -0.1) is 0 Å². The van der Waals surface area contributed by atoms with Crippen LogP contribution < -0.4 is 5.32 Å². The summed E-state index contributed by atoms with van der Waals surface area (Å²) in [5.41, 5.74) is 1.69. The summed E-state index contributed by atoms with van der Waals surface area (Å²) >= 11 is 0. The maximum Gasteiger partial charge on any atom is 0.343 e. The molecule has 0 saturated heterocycles. The molecule has 1 heterocycles. The average molecular weight is 312 g/mol. The molecule has 118 valence electrons. The molecule has 1 N–H and O–H groups in total. The molecule has 0 bridgehead atoms. The number of hydrogen-bond acceptors (Lipinski definition) is 5. The summed E-state index contributed by atoms with van der Waals surface area (Å²) in [5.74, 6) is -0.689. The number of carbonyl (C=O) groups is 2. The number of nitriles is 1. The Morgan fingerprint density at radius 1 is 1.35 bits per heavy atom. The van der Waals surface area contributed by atoms with Gasteiger partial charge in [0, 0.05) is 13.1 Å². The molecule has 23 heavy (non-hydrogen) atoms. The minimum atomic E-state index is -0.540. The van der Waals surface area contributed by atoms with Gasteiger partial charge in [0.15, 0.2) is 5.82 Å². The highest BCUT2D eigenvalue weighted by Crippen LogP contribution is 2.16. The lowest BCUT2D eigenvalue weighted by Crippen LogP contribution is -2.12. The molecule has 1 aromatic heterocycles. The van der Waals surface area contributed by atoms with E-state index in [4.69, 9.17) is 10.00 Å². The molecular formula is C16H16N4O3. The molecule has 7 nitrogen and oxygen atoms in total. The lowest BCUT2D eigenvalue weighted by Gasteiger charge is -2.02. The normalized spacial score (nSPS) is 9.96. The fourth-order valence-corrected chi connectivity index (χ4v) is 1.99. The molecule has 0 atom stereocenters. The quantitative estimate of drug-likeness (QED) is 0.851. The number of anilines is 1. The van der Waals surface area contributed by atoms with E-state index in [1.807, 2.05) is 12.1 Å². The van der Waals surface area contributed by atoms with Crippen LogP contribution >= 0.6 is 0 Å².